The lowest BCUT2D eigenvalue weighted by atomic mass is 10.1. The summed E-state index contributed by atoms with van der Waals surface area (Å²) in [6.07, 6.45) is 0. The molecule has 0 radical (unpaired) electrons. The van der Waals surface area contributed by atoms with Gasteiger partial charge >= 0.3 is 0 Å². The van der Waals surface area contributed by atoms with E-state index in [4.69, 9.17) is 0 Å². The fourth-order valence-electron chi connectivity index (χ4n) is 1.75. The van der Waals surface area contributed by atoms with Gasteiger partial charge in [0.2, 0.25) is 0 Å². The van der Waals surface area contributed by atoms with Crippen molar-refractivity contribution in [1.29, 1.82) is 0 Å². The first-order valence-electron chi connectivity index (χ1n) is 6.33. The Bertz CT molecular complexity index is 759. The number of hydrogen-bond donors (Lipinski definition) is 1. The van der Waals surface area contributed by atoms with Gasteiger partial charge in [0.1, 0.15) is 0 Å². The molecule has 2 aromatic carbocycles. The Morgan fingerprint density at radius 1 is 1.23 bits per heavy atom. The van der Waals surface area contributed by atoms with E-state index in [0.29, 0.717) is 16.8 Å². The highest BCUT2D eigenvalue weighted by molar-refractivity contribution is 14.1. The van der Waals surface area contributed by atoms with Gasteiger partial charge in [-0.15, -0.1) is 0 Å². The van der Waals surface area contributed by atoms with Crippen molar-refractivity contribution in [3.05, 3.63) is 73.3 Å². The Labute approximate surface area is 140 Å². The van der Waals surface area contributed by atoms with Crippen molar-refractivity contribution in [3.8, 4) is 0 Å². The second kappa shape index (κ2) is 7.12. The average molecular weight is 409 g/mol. The molecule has 0 saturated heterocycles. The predicted molar refractivity (Wildman–Crippen MR) is 91.9 cm³/mol. The van der Waals surface area contributed by atoms with E-state index in [0.717, 1.165) is 3.57 Å². The molecule has 0 heterocycles. The SMILES string of the molecule is CC(=NNC(=O)c1ccccc1I)c1cccc([N+](=O)[O-])c1. The molecule has 0 aliphatic rings. The fourth-order valence-corrected chi connectivity index (χ4v) is 2.38. The van der Waals surface area contributed by atoms with Crippen LogP contribution >= 0.6 is 22.6 Å². The van der Waals surface area contributed by atoms with Gasteiger partial charge in [-0.1, -0.05) is 24.3 Å². The number of carbonyl (C=O) groups excluding carboxylic acids is 1. The second-order valence-electron chi connectivity index (χ2n) is 4.43. The topological polar surface area (TPSA) is 84.6 Å². The highest BCUT2D eigenvalue weighted by Gasteiger charge is 2.10. The number of benzene rings is 2. The molecular weight excluding hydrogens is 397 g/mol. The number of amides is 1. The Morgan fingerprint density at radius 2 is 1.95 bits per heavy atom. The maximum absolute atomic E-state index is 12.0. The van der Waals surface area contributed by atoms with Crippen molar-refractivity contribution in [2.45, 2.75) is 6.92 Å². The van der Waals surface area contributed by atoms with Crippen LogP contribution in [-0.2, 0) is 0 Å². The van der Waals surface area contributed by atoms with Gasteiger partial charge in [0.05, 0.1) is 16.2 Å². The fraction of sp³-hybridized carbons (Fsp3) is 0.0667. The molecule has 112 valence electrons. The lowest BCUT2D eigenvalue weighted by Crippen LogP contribution is -2.20. The van der Waals surface area contributed by atoms with Crippen LogP contribution in [-0.4, -0.2) is 16.5 Å². The average Bonchev–Trinajstić information content (AvgIpc) is 2.52. The number of halogens is 1. The molecule has 7 heteroatoms. The van der Waals surface area contributed by atoms with E-state index in [9.17, 15) is 14.9 Å². The summed E-state index contributed by atoms with van der Waals surface area (Å²) in [5.41, 5.74) is 4.04. The van der Waals surface area contributed by atoms with Crippen molar-refractivity contribution in [1.82, 2.24) is 5.43 Å². The predicted octanol–water partition coefficient (Wildman–Crippen LogP) is 3.35. The van der Waals surface area contributed by atoms with Gasteiger partial charge in [-0.2, -0.15) is 5.10 Å². The number of hydrogen-bond acceptors (Lipinski definition) is 4. The maximum Gasteiger partial charge on any atom is 0.272 e. The van der Waals surface area contributed by atoms with E-state index in [1.165, 1.54) is 12.1 Å². The van der Waals surface area contributed by atoms with E-state index >= 15 is 0 Å². The Morgan fingerprint density at radius 3 is 2.64 bits per heavy atom. The Balaban J connectivity index is 2.16. The minimum Gasteiger partial charge on any atom is -0.267 e. The van der Waals surface area contributed by atoms with Crippen LogP contribution in [0, 0.1) is 13.7 Å². The van der Waals surface area contributed by atoms with Gasteiger partial charge in [0.25, 0.3) is 11.6 Å². The summed E-state index contributed by atoms with van der Waals surface area (Å²) in [5, 5.41) is 14.8. The first-order chi connectivity index (χ1) is 10.5. The summed E-state index contributed by atoms with van der Waals surface area (Å²) < 4.78 is 0.820. The first-order valence-corrected chi connectivity index (χ1v) is 7.41. The summed E-state index contributed by atoms with van der Waals surface area (Å²) in [7, 11) is 0. The molecule has 0 aliphatic carbocycles. The van der Waals surface area contributed by atoms with Gasteiger partial charge in [0, 0.05) is 21.3 Å². The molecule has 0 saturated carbocycles. The van der Waals surface area contributed by atoms with Crippen molar-refractivity contribution in [2.75, 3.05) is 0 Å². The molecule has 0 spiro atoms. The molecule has 2 rings (SSSR count). The zero-order valence-corrected chi connectivity index (χ0v) is 13.8. The van der Waals surface area contributed by atoms with Gasteiger partial charge < -0.3 is 0 Å². The van der Waals surface area contributed by atoms with Crippen LogP contribution < -0.4 is 5.43 Å². The van der Waals surface area contributed by atoms with Crippen LogP contribution in [0.25, 0.3) is 0 Å². The van der Waals surface area contributed by atoms with Crippen LogP contribution in [0.15, 0.2) is 53.6 Å². The van der Waals surface area contributed by atoms with Gasteiger partial charge in [-0.05, 0) is 41.6 Å². The van der Waals surface area contributed by atoms with Gasteiger partial charge in [-0.3, -0.25) is 14.9 Å². The second-order valence-corrected chi connectivity index (χ2v) is 5.59. The number of carbonyl (C=O) groups is 1. The zero-order chi connectivity index (χ0) is 16.1. The largest absolute Gasteiger partial charge is 0.272 e. The summed E-state index contributed by atoms with van der Waals surface area (Å²) in [4.78, 5) is 22.3. The van der Waals surface area contributed by atoms with Gasteiger partial charge in [-0.25, -0.2) is 5.43 Å². The first kappa shape index (κ1) is 16.1. The third-order valence-corrected chi connectivity index (χ3v) is 3.86. The van der Waals surface area contributed by atoms with E-state index < -0.39 is 4.92 Å². The lowest BCUT2D eigenvalue weighted by Gasteiger charge is -2.04. The van der Waals surface area contributed by atoms with E-state index in [2.05, 4.69) is 33.1 Å². The molecule has 0 atom stereocenters. The molecular formula is C15H12IN3O3. The molecule has 1 amide bonds. The Kier molecular flexibility index (Phi) is 5.21. The van der Waals surface area contributed by atoms with Crippen molar-refractivity contribution in [2.24, 2.45) is 5.10 Å². The van der Waals surface area contributed by atoms with Crippen LogP contribution in [0.3, 0.4) is 0 Å². The standard InChI is InChI=1S/C15H12IN3O3/c1-10(11-5-4-6-12(9-11)19(21)22)17-18-15(20)13-7-2-3-8-14(13)16/h2-9H,1H3,(H,18,20). The molecule has 1 N–H and O–H groups in total. The summed E-state index contributed by atoms with van der Waals surface area (Å²) in [6, 6.07) is 13.2. The third-order valence-electron chi connectivity index (χ3n) is 2.92. The molecule has 0 bridgehead atoms. The van der Waals surface area contributed by atoms with E-state index in [1.54, 1.807) is 31.2 Å². The molecule has 6 nitrogen and oxygen atoms in total. The smallest absolute Gasteiger partial charge is 0.267 e. The number of non-ortho nitro benzene ring substituents is 1. The number of rotatable bonds is 4. The number of hydrazone groups is 1. The molecule has 0 aromatic heterocycles. The number of nitro groups is 1. The summed E-state index contributed by atoms with van der Waals surface area (Å²) in [6.45, 7) is 1.68. The lowest BCUT2D eigenvalue weighted by molar-refractivity contribution is -0.384. The third kappa shape index (κ3) is 3.88. The normalized spacial score (nSPS) is 11.1. The van der Waals surface area contributed by atoms with E-state index in [1.807, 2.05) is 12.1 Å². The molecule has 22 heavy (non-hydrogen) atoms. The highest BCUT2D eigenvalue weighted by atomic mass is 127. The zero-order valence-electron chi connectivity index (χ0n) is 11.6. The molecule has 0 unspecified atom stereocenters. The molecule has 2 aromatic rings. The highest BCUT2D eigenvalue weighted by Crippen LogP contribution is 2.14. The van der Waals surface area contributed by atoms with Crippen LogP contribution in [0.1, 0.15) is 22.8 Å². The molecule has 0 fully saturated rings. The Hall–Kier alpha value is -2.29. The molecule has 0 aliphatic heterocycles. The van der Waals surface area contributed by atoms with Crippen molar-refractivity contribution >= 4 is 39.9 Å². The van der Waals surface area contributed by atoms with Crippen LogP contribution in [0.5, 0.6) is 0 Å². The van der Waals surface area contributed by atoms with Crippen LogP contribution in [0.4, 0.5) is 5.69 Å². The minimum atomic E-state index is -0.471. The van der Waals surface area contributed by atoms with Crippen LogP contribution in [0.2, 0.25) is 0 Å². The minimum absolute atomic E-state index is 0.0176. The van der Waals surface area contributed by atoms with E-state index in [-0.39, 0.29) is 11.6 Å². The number of nitrogens with one attached hydrogen (secondary N) is 1. The van der Waals surface area contributed by atoms with Crippen molar-refractivity contribution < 1.29 is 9.72 Å². The maximum atomic E-state index is 12.0. The summed E-state index contributed by atoms with van der Waals surface area (Å²) >= 11 is 2.07. The summed E-state index contributed by atoms with van der Waals surface area (Å²) in [5.74, 6) is -0.324. The monoisotopic (exact) mass is 409 g/mol. The van der Waals surface area contributed by atoms with Gasteiger partial charge in [0.15, 0.2) is 0 Å². The number of nitrogens with zero attached hydrogens (tertiary/aromatic N) is 2. The quantitative estimate of drug-likeness (QED) is 0.364. The number of nitro benzene ring substituents is 1. The van der Waals surface area contributed by atoms with Crippen molar-refractivity contribution in [3.63, 3.8) is 0 Å².